The summed E-state index contributed by atoms with van der Waals surface area (Å²) >= 11 is 0. The van der Waals surface area contributed by atoms with Crippen molar-refractivity contribution in [1.29, 1.82) is 0 Å². The summed E-state index contributed by atoms with van der Waals surface area (Å²) in [6, 6.07) is -0.206. The molecule has 2 unspecified atom stereocenters. The van der Waals surface area contributed by atoms with Gasteiger partial charge in [-0.2, -0.15) is 0 Å². The van der Waals surface area contributed by atoms with Crippen molar-refractivity contribution in [3.05, 3.63) is 0 Å². The van der Waals surface area contributed by atoms with Crippen molar-refractivity contribution >= 4 is 12.4 Å². The van der Waals surface area contributed by atoms with Crippen molar-refractivity contribution in [1.82, 2.24) is 0 Å². The Bertz CT molecular complexity index is 97.0. The summed E-state index contributed by atoms with van der Waals surface area (Å²) in [5.74, 6) is 0. The van der Waals surface area contributed by atoms with Crippen molar-refractivity contribution in [2.75, 3.05) is 13.2 Å². The van der Waals surface area contributed by atoms with Gasteiger partial charge in [-0.15, -0.1) is 12.4 Å². The molecule has 0 amide bonds. The van der Waals surface area contributed by atoms with Gasteiger partial charge in [-0.05, 0) is 6.92 Å². The molecule has 1 heterocycles. The highest BCUT2D eigenvalue weighted by molar-refractivity contribution is 5.85. The van der Waals surface area contributed by atoms with E-state index < -0.39 is 5.60 Å². The molecule has 0 spiro atoms. The topological polar surface area (TPSA) is 55.5 Å². The van der Waals surface area contributed by atoms with E-state index in [0.717, 1.165) is 0 Å². The Morgan fingerprint density at radius 1 is 1.78 bits per heavy atom. The van der Waals surface area contributed by atoms with Gasteiger partial charge in [0.05, 0.1) is 19.3 Å². The first-order valence-corrected chi connectivity index (χ1v) is 2.68. The van der Waals surface area contributed by atoms with Crippen molar-refractivity contribution in [3.63, 3.8) is 0 Å². The molecule has 4 heteroatoms. The first-order valence-electron chi connectivity index (χ1n) is 2.68. The minimum absolute atomic E-state index is 0. The van der Waals surface area contributed by atoms with E-state index in [0.29, 0.717) is 13.2 Å². The minimum atomic E-state index is -0.792. The Balaban J connectivity index is 0.000000640. The van der Waals surface area contributed by atoms with Crippen molar-refractivity contribution in [2.24, 2.45) is 5.73 Å². The van der Waals surface area contributed by atoms with Crippen LogP contribution in [0.5, 0.6) is 0 Å². The number of aliphatic hydroxyl groups is 1. The van der Waals surface area contributed by atoms with Gasteiger partial charge >= 0.3 is 0 Å². The summed E-state index contributed by atoms with van der Waals surface area (Å²) in [5.41, 5.74) is 4.65. The van der Waals surface area contributed by atoms with E-state index in [1.165, 1.54) is 0 Å². The molecule has 1 rings (SSSR count). The lowest BCUT2D eigenvalue weighted by Gasteiger charge is -2.18. The van der Waals surface area contributed by atoms with Crippen LogP contribution >= 0.6 is 12.4 Å². The third kappa shape index (κ3) is 1.79. The van der Waals surface area contributed by atoms with Gasteiger partial charge in [0, 0.05) is 0 Å². The van der Waals surface area contributed by atoms with Crippen LogP contribution in [-0.2, 0) is 4.74 Å². The lowest BCUT2D eigenvalue weighted by Crippen LogP contribution is -2.43. The molecule has 1 saturated heterocycles. The largest absolute Gasteiger partial charge is 0.386 e. The van der Waals surface area contributed by atoms with Crippen molar-refractivity contribution < 1.29 is 9.84 Å². The van der Waals surface area contributed by atoms with E-state index in [1.54, 1.807) is 6.92 Å². The highest BCUT2D eigenvalue weighted by atomic mass is 35.5. The Hall–Kier alpha value is 0.170. The first kappa shape index (κ1) is 9.17. The first-order chi connectivity index (χ1) is 3.63. The fourth-order valence-corrected chi connectivity index (χ4v) is 0.679. The molecule has 0 bridgehead atoms. The second-order valence-corrected chi connectivity index (χ2v) is 2.48. The molecule has 0 aromatic carbocycles. The molecule has 1 aliphatic rings. The lowest BCUT2D eigenvalue weighted by molar-refractivity contribution is 0.0361. The molecule has 0 saturated carbocycles. The Morgan fingerprint density at radius 2 is 2.33 bits per heavy atom. The van der Waals surface area contributed by atoms with Gasteiger partial charge in [-0.3, -0.25) is 0 Å². The normalized spacial score (nSPS) is 42.3. The van der Waals surface area contributed by atoms with Crippen LogP contribution in [0, 0.1) is 0 Å². The summed E-state index contributed by atoms with van der Waals surface area (Å²) < 4.78 is 4.90. The zero-order valence-electron chi connectivity index (χ0n) is 5.33. The number of halogens is 1. The SMILES string of the molecule is CC1(O)COCC1N.Cl. The summed E-state index contributed by atoms with van der Waals surface area (Å²) in [6.45, 7) is 2.53. The molecule has 2 atom stereocenters. The van der Waals surface area contributed by atoms with E-state index in [2.05, 4.69) is 0 Å². The number of ether oxygens (including phenoxy) is 1. The molecule has 0 aliphatic carbocycles. The van der Waals surface area contributed by atoms with Gasteiger partial charge in [0.2, 0.25) is 0 Å². The second kappa shape index (κ2) is 2.84. The zero-order chi connectivity index (χ0) is 6.20. The van der Waals surface area contributed by atoms with Crippen LogP contribution in [-0.4, -0.2) is 30.0 Å². The van der Waals surface area contributed by atoms with Gasteiger partial charge < -0.3 is 15.6 Å². The fraction of sp³-hybridized carbons (Fsp3) is 1.00. The summed E-state index contributed by atoms with van der Waals surface area (Å²) in [4.78, 5) is 0. The van der Waals surface area contributed by atoms with Gasteiger partial charge in [0.1, 0.15) is 5.60 Å². The molecule has 9 heavy (non-hydrogen) atoms. The monoisotopic (exact) mass is 153 g/mol. The molecular weight excluding hydrogens is 142 g/mol. The smallest absolute Gasteiger partial charge is 0.102 e. The number of rotatable bonds is 0. The maximum Gasteiger partial charge on any atom is 0.102 e. The standard InChI is InChI=1S/C5H11NO2.ClH/c1-5(7)3-8-2-4(5)6;/h4,7H,2-3,6H2,1H3;1H. The average molecular weight is 154 g/mol. The summed E-state index contributed by atoms with van der Waals surface area (Å²) in [7, 11) is 0. The molecular formula is C5H12ClNO2. The summed E-state index contributed by atoms with van der Waals surface area (Å²) in [5, 5.41) is 9.21. The second-order valence-electron chi connectivity index (χ2n) is 2.48. The minimum Gasteiger partial charge on any atom is -0.386 e. The quantitative estimate of drug-likeness (QED) is 0.494. The number of hydrogen-bond donors (Lipinski definition) is 2. The Morgan fingerprint density at radius 3 is 2.44 bits per heavy atom. The zero-order valence-corrected chi connectivity index (χ0v) is 6.15. The van der Waals surface area contributed by atoms with Crippen molar-refractivity contribution in [3.8, 4) is 0 Å². The molecule has 1 fully saturated rings. The third-order valence-electron chi connectivity index (χ3n) is 1.49. The molecule has 3 N–H and O–H groups in total. The van der Waals surface area contributed by atoms with Gasteiger partial charge in [-0.25, -0.2) is 0 Å². The molecule has 56 valence electrons. The Kier molecular flexibility index (Phi) is 2.89. The number of nitrogens with two attached hydrogens (primary N) is 1. The van der Waals surface area contributed by atoms with Crippen LogP contribution in [0.1, 0.15) is 6.92 Å². The van der Waals surface area contributed by atoms with E-state index >= 15 is 0 Å². The Labute approximate surface area is 60.6 Å². The predicted molar refractivity (Wildman–Crippen MR) is 36.7 cm³/mol. The fourth-order valence-electron chi connectivity index (χ4n) is 0.679. The molecule has 0 radical (unpaired) electrons. The van der Waals surface area contributed by atoms with E-state index in [1.807, 2.05) is 0 Å². The van der Waals surface area contributed by atoms with Crippen LogP contribution in [0.4, 0.5) is 0 Å². The van der Waals surface area contributed by atoms with Crippen LogP contribution in [0.2, 0.25) is 0 Å². The highest BCUT2D eigenvalue weighted by Crippen LogP contribution is 2.15. The maximum absolute atomic E-state index is 9.21. The van der Waals surface area contributed by atoms with Gasteiger partial charge in [0.25, 0.3) is 0 Å². The maximum atomic E-state index is 9.21. The van der Waals surface area contributed by atoms with Crippen LogP contribution in [0.3, 0.4) is 0 Å². The van der Waals surface area contributed by atoms with E-state index in [4.69, 9.17) is 10.5 Å². The van der Waals surface area contributed by atoms with Crippen LogP contribution in [0.15, 0.2) is 0 Å². The number of hydrogen-bond acceptors (Lipinski definition) is 3. The molecule has 3 nitrogen and oxygen atoms in total. The summed E-state index contributed by atoms with van der Waals surface area (Å²) in [6.07, 6.45) is 0. The van der Waals surface area contributed by atoms with E-state index in [-0.39, 0.29) is 18.4 Å². The van der Waals surface area contributed by atoms with Crippen LogP contribution < -0.4 is 5.73 Å². The molecule has 0 aromatic rings. The average Bonchev–Trinajstić information content (AvgIpc) is 1.86. The van der Waals surface area contributed by atoms with Gasteiger partial charge in [-0.1, -0.05) is 0 Å². The molecule has 0 aromatic heterocycles. The lowest BCUT2D eigenvalue weighted by atomic mass is 10.0. The van der Waals surface area contributed by atoms with E-state index in [9.17, 15) is 5.11 Å². The third-order valence-corrected chi connectivity index (χ3v) is 1.49. The van der Waals surface area contributed by atoms with Gasteiger partial charge in [0.15, 0.2) is 0 Å². The predicted octanol–water partition coefficient (Wildman–Crippen LogP) is -0.483. The highest BCUT2D eigenvalue weighted by Gasteiger charge is 2.34. The van der Waals surface area contributed by atoms with Crippen molar-refractivity contribution in [2.45, 2.75) is 18.6 Å². The molecule has 1 aliphatic heterocycles. The van der Waals surface area contributed by atoms with Crippen LogP contribution in [0.25, 0.3) is 0 Å².